The van der Waals surface area contributed by atoms with E-state index in [1.807, 2.05) is 16.9 Å². The summed E-state index contributed by atoms with van der Waals surface area (Å²) in [5.74, 6) is 0.531. The number of hydrogen-bond donors (Lipinski definition) is 2. The van der Waals surface area contributed by atoms with E-state index in [2.05, 4.69) is 17.3 Å². The van der Waals surface area contributed by atoms with Crippen molar-refractivity contribution >= 4 is 6.03 Å². The Labute approximate surface area is 132 Å². The summed E-state index contributed by atoms with van der Waals surface area (Å²) in [7, 11) is 1.80. The van der Waals surface area contributed by atoms with E-state index in [0.717, 1.165) is 32.2 Å². The van der Waals surface area contributed by atoms with Crippen LogP contribution < -0.4 is 5.32 Å². The first kappa shape index (κ1) is 16.8. The topological polar surface area (TPSA) is 70.4 Å². The highest BCUT2D eigenvalue weighted by atomic mass is 16.3. The maximum absolute atomic E-state index is 12.1. The van der Waals surface area contributed by atoms with Crippen molar-refractivity contribution in [2.45, 2.75) is 45.3 Å². The number of nitrogens with one attached hydrogen (secondary N) is 1. The molecule has 1 heterocycles. The molecule has 1 aromatic rings. The second-order valence-corrected chi connectivity index (χ2v) is 6.51. The van der Waals surface area contributed by atoms with Crippen molar-refractivity contribution in [3.05, 3.63) is 18.5 Å². The largest absolute Gasteiger partial charge is 0.393 e. The molecule has 1 aliphatic carbocycles. The fourth-order valence-electron chi connectivity index (χ4n) is 3.02. The zero-order valence-corrected chi connectivity index (χ0v) is 13.6. The molecule has 0 saturated heterocycles. The number of aliphatic hydroxyl groups excluding tert-OH is 1. The maximum atomic E-state index is 12.1. The Kier molecular flexibility index (Phi) is 6.24. The quantitative estimate of drug-likeness (QED) is 0.840. The lowest BCUT2D eigenvalue weighted by molar-refractivity contribution is 0.0564. The van der Waals surface area contributed by atoms with Gasteiger partial charge >= 0.3 is 6.03 Å². The fraction of sp³-hybridized carbons (Fsp3) is 0.750. The van der Waals surface area contributed by atoms with Gasteiger partial charge in [-0.2, -0.15) is 5.10 Å². The minimum Gasteiger partial charge on any atom is -0.393 e. The molecule has 2 rings (SSSR count). The first-order valence-electron chi connectivity index (χ1n) is 8.20. The van der Waals surface area contributed by atoms with Crippen LogP contribution in [0, 0.1) is 11.8 Å². The van der Waals surface area contributed by atoms with E-state index in [4.69, 9.17) is 0 Å². The van der Waals surface area contributed by atoms with Crippen LogP contribution in [0.25, 0.3) is 0 Å². The van der Waals surface area contributed by atoms with Crippen molar-refractivity contribution in [2.75, 3.05) is 20.1 Å². The highest BCUT2D eigenvalue weighted by molar-refractivity contribution is 5.73. The lowest BCUT2D eigenvalue weighted by Gasteiger charge is -2.31. The molecule has 0 aromatic carbocycles. The Bertz CT molecular complexity index is 449. The second kappa shape index (κ2) is 8.17. The molecule has 1 aliphatic rings. The fourth-order valence-corrected chi connectivity index (χ4v) is 3.02. The molecule has 6 nitrogen and oxygen atoms in total. The van der Waals surface area contributed by atoms with Gasteiger partial charge in [0.15, 0.2) is 0 Å². The molecule has 2 amide bonds. The van der Waals surface area contributed by atoms with E-state index >= 15 is 0 Å². The van der Waals surface area contributed by atoms with Gasteiger partial charge in [-0.1, -0.05) is 19.8 Å². The molecule has 0 bridgehead atoms. The average Bonchev–Trinajstić information content (AvgIpc) is 3.00. The van der Waals surface area contributed by atoms with Gasteiger partial charge in [-0.25, -0.2) is 4.79 Å². The summed E-state index contributed by atoms with van der Waals surface area (Å²) < 4.78 is 1.87. The van der Waals surface area contributed by atoms with Crippen molar-refractivity contribution in [2.24, 2.45) is 11.8 Å². The second-order valence-electron chi connectivity index (χ2n) is 6.51. The predicted octanol–water partition coefficient (Wildman–Crippen LogP) is 1.71. The lowest BCUT2D eigenvalue weighted by Crippen LogP contribution is -2.44. The molecule has 0 unspecified atom stereocenters. The molecule has 6 heteroatoms. The summed E-state index contributed by atoms with van der Waals surface area (Å²) in [5.41, 5.74) is 0. The molecule has 22 heavy (non-hydrogen) atoms. The number of carbonyl (C=O) groups is 1. The van der Waals surface area contributed by atoms with E-state index in [1.165, 1.54) is 0 Å². The molecule has 3 atom stereocenters. The van der Waals surface area contributed by atoms with Crippen LogP contribution in [0.2, 0.25) is 0 Å². The number of amides is 2. The zero-order chi connectivity index (χ0) is 15.9. The van der Waals surface area contributed by atoms with Crippen LogP contribution >= 0.6 is 0 Å². The minimum absolute atomic E-state index is 0.0647. The summed E-state index contributed by atoms with van der Waals surface area (Å²) in [6.45, 7) is 4.13. The van der Waals surface area contributed by atoms with Gasteiger partial charge in [0.2, 0.25) is 0 Å². The average molecular weight is 308 g/mol. The molecule has 0 spiro atoms. The zero-order valence-electron chi connectivity index (χ0n) is 13.6. The molecule has 1 aromatic heterocycles. The number of nitrogens with zero attached hydrogens (tertiary/aromatic N) is 3. The van der Waals surface area contributed by atoms with Crippen LogP contribution in [-0.4, -0.2) is 52.1 Å². The summed E-state index contributed by atoms with van der Waals surface area (Å²) in [5, 5.41) is 17.1. The van der Waals surface area contributed by atoms with Gasteiger partial charge in [0.25, 0.3) is 0 Å². The first-order chi connectivity index (χ1) is 10.6. The van der Waals surface area contributed by atoms with Gasteiger partial charge in [-0.3, -0.25) is 4.68 Å². The van der Waals surface area contributed by atoms with Crippen LogP contribution in [0.15, 0.2) is 18.5 Å². The number of hydrogen-bond acceptors (Lipinski definition) is 3. The Morgan fingerprint density at radius 3 is 2.95 bits per heavy atom. The summed E-state index contributed by atoms with van der Waals surface area (Å²) in [6, 6.07) is 1.83. The van der Waals surface area contributed by atoms with E-state index < -0.39 is 0 Å². The van der Waals surface area contributed by atoms with Crippen molar-refractivity contribution in [3.63, 3.8) is 0 Å². The Hall–Kier alpha value is -1.56. The van der Waals surface area contributed by atoms with E-state index in [1.54, 1.807) is 18.1 Å². The number of urea groups is 1. The summed E-state index contributed by atoms with van der Waals surface area (Å²) in [4.78, 5) is 13.8. The van der Waals surface area contributed by atoms with Crippen molar-refractivity contribution < 1.29 is 9.90 Å². The normalized spacial score (nSPS) is 23.0. The van der Waals surface area contributed by atoms with E-state index in [9.17, 15) is 9.90 Å². The predicted molar refractivity (Wildman–Crippen MR) is 85.4 cm³/mol. The maximum Gasteiger partial charge on any atom is 0.317 e. The molecule has 0 radical (unpaired) electrons. The van der Waals surface area contributed by atoms with Gasteiger partial charge in [0, 0.05) is 45.0 Å². The standard InChI is InChI=1S/C16H28N4O2/c1-13(11-20-9-5-8-18-20)10-17-16(22)19(2)12-14-6-3-4-7-15(14)21/h5,8-9,13-15,21H,3-4,6-7,10-12H2,1-2H3,(H,17,22)/t13-,14+,15+/m1/s1. The molecule has 124 valence electrons. The van der Waals surface area contributed by atoms with Crippen LogP contribution in [0.3, 0.4) is 0 Å². The monoisotopic (exact) mass is 308 g/mol. The number of aliphatic hydroxyl groups is 1. The van der Waals surface area contributed by atoms with E-state index in [-0.39, 0.29) is 18.1 Å². The number of carbonyl (C=O) groups excluding carboxylic acids is 1. The minimum atomic E-state index is -0.261. The molecular formula is C16H28N4O2. The summed E-state index contributed by atoms with van der Waals surface area (Å²) >= 11 is 0. The van der Waals surface area contributed by atoms with Crippen LogP contribution in [0.4, 0.5) is 4.79 Å². The van der Waals surface area contributed by atoms with Crippen molar-refractivity contribution in [3.8, 4) is 0 Å². The molecule has 0 aliphatic heterocycles. The molecule has 1 saturated carbocycles. The van der Waals surface area contributed by atoms with Crippen LogP contribution in [0.5, 0.6) is 0 Å². The van der Waals surface area contributed by atoms with E-state index in [0.29, 0.717) is 19.0 Å². The van der Waals surface area contributed by atoms with Gasteiger partial charge in [0.1, 0.15) is 0 Å². The van der Waals surface area contributed by atoms with Gasteiger partial charge in [-0.15, -0.1) is 0 Å². The van der Waals surface area contributed by atoms with Crippen molar-refractivity contribution in [1.82, 2.24) is 20.0 Å². The molecule has 2 N–H and O–H groups in total. The summed E-state index contributed by atoms with van der Waals surface area (Å²) in [6.07, 6.45) is 7.54. The Morgan fingerprint density at radius 1 is 1.50 bits per heavy atom. The Balaban J connectivity index is 1.69. The van der Waals surface area contributed by atoms with Gasteiger partial charge in [0.05, 0.1) is 6.10 Å². The lowest BCUT2D eigenvalue weighted by atomic mass is 9.86. The van der Waals surface area contributed by atoms with Crippen molar-refractivity contribution in [1.29, 1.82) is 0 Å². The van der Waals surface area contributed by atoms with Crippen LogP contribution in [-0.2, 0) is 6.54 Å². The van der Waals surface area contributed by atoms with Gasteiger partial charge in [-0.05, 0) is 24.8 Å². The third-order valence-electron chi connectivity index (χ3n) is 4.38. The third kappa shape index (κ3) is 5.02. The molecule has 1 fully saturated rings. The third-order valence-corrected chi connectivity index (χ3v) is 4.38. The SMILES string of the molecule is C[C@H](CNC(=O)N(C)C[C@@H]1CCCC[C@@H]1O)Cn1cccn1. The smallest absolute Gasteiger partial charge is 0.317 e. The Morgan fingerprint density at radius 2 is 2.27 bits per heavy atom. The highest BCUT2D eigenvalue weighted by Gasteiger charge is 2.25. The molecular weight excluding hydrogens is 280 g/mol. The van der Waals surface area contributed by atoms with Gasteiger partial charge < -0.3 is 15.3 Å². The highest BCUT2D eigenvalue weighted by Crippen LogP contribution is 2.24. The first-order valence-corrected chi connectivity index (χ1v) is 8.20. The van der Waals surface area contributed by atoms with Crippen LogP contribution in [0.1, 0.15) is 32.6 Å². The number of aromatic nitrogens is 2. The number of rotatable bonds is 6.